The maximum Gasteiger partial charge on any atom is 0.253 e. The van der Waals surface area contributed by atoms with Gasteiger partial charge in [0.15, 0.2) is 5.78 Å². The number of fused-ring (bicyclic) bond motifs is 2. The van der Waals surface area contributed by atoms with Crippen molar-refractivity contribution in [1.82, 2.24) is 4.90 Å². The summed E-state index contributed by atoms with van der Waals surface area (Å²) in [5, 5.41) is 0. The summed E-state index contributed by atoms with van der Waals surface area (Å²) in [6, 6.07) is 10.6. The zero-order valence-electron chi connectivity index (χ0n) is 13.6. The Morgan fingerprint density at radius 3 is 2.32 bits per heavy atom. The number of carbonyl (C=O) groups excluding carboxylic acids is 2. The van der Waals surface area contributed by atoms with Crippen LogP contribution in [0.4, 0.5) is 0 Å². The van der Waals surface area contributed by atoms with E-state index in [0.29, 0.717) is 18.7 Å². The third-order valence-electron chi connectivity index (χ3n) is 4.83. The number of rotatable bonds is 1. The predicted octanol–water partition coefficient (Wildman–Crippen LogP) is 2.69. The van der Waals surface area contributed by atoms with Crippen LogP contribution in [0.5, 0.6) is 0 Å². The average molecular weight is 355 g/mol. The van der Waals surface area contributed by atoms with Gasteiger partial charge in [-0.1, -0.05) is 12.1 Å². The minimum absolute atomic E-state index is 0.00933. The normalized spacial score (nSPS) is 18.4. The Hall–Kier alpha value is -2.47. The molecule has 0 bridgehead atoms. The highest BCUT2D eigenvalue weighted by atomic mass is 32.2. The molecular formula is C19H17NO4S. The molecule has 2 heterocycles. The van der Waals surface area contributed by atoms with Gasteiger partial charge in [0.25, 0.3) is 5.91 Å². The second kappa shape index (κ2) is 5.81. The summed E-state index contributed by atoms with van der Waals surface area (Å²) in [6.07, 6.45) is 3.02. The molecule has 2 aromatic rings. The number of sulfone groups is 1. The second-order valence-corrected chi connectivity index (χ2v) is 8.28. The Kier molecular flexibility index (Phi) is 3.72. The fourth-order valence-corrected chi connectivity index (χ4v) is 5.17. The summed E-state index contributed by atoms with van der Waals surface area (Å²) in [4.78, 5) is 27.0. The second-order valence-electron chi connectivity index (χ2n) is 6.39. The maximum absolute atomic E-state index is 12.9. The highest BCUT2D eigenvalue weighted by Crippen LogP contribution is 2.35. The van der Waals surface area contributed by atoms with Gasteiger partial charge in [-0.25, -0.2) is 8.42 Å². The lowest BCUT2D eigenvalue weighted by Gasteiger charge is -2.27. The topological polar surface area (TPSA) is 71.5 Å². The molecule has 128 valence electrons. The first-order valence-corrected chi connectivity index (χ1v) is 9.80. The van der Waals surface area contributed by atoms with E-state index in [1.807, 2.05) is 0 Å². The van der Waals surface area contributed by atoms with Gasteiger partial charge in [0, 0.05) is 29.8 Å². The first-order valence-electron chi connectivity index (χ1n) is 8.32. The van der Waals surface area contributed by atoms with Crippen molar-refractivity contribution in [1.29, 1.82) is 0 Å². The Morgan fingerprint density at radius 1 is 0.880 bits per heavy atom. The smallest absolute Gasteiger partial charge is 0.253 e. The van der Waals surface area contributed by atoms with Crippen molar-refractivity contribution >= 4 is 21.5 Å². The van der Waals surface area contributed by atoms with E-state index < -0.39 is 9.84 Å². The van der Waals surface area contributed by atoms with Crippen LogP contribution in [0.2, 0.25) is 0 Å². The van der Waals surface area contributed by atoms with Gasteiger partial charge in [-0.2, -0.15) is 0 Å². The van der Waals surface area contributed by atoms with Crippen LogP contribution in [0.25, 0.3) is 0 Å². The van der Waals surface area contributed by atoms with Gasteiger partial charge in [-0.3, -0.25) is 9.59 Å². The van der Waals surface area contributed by atoms with Crippen molar-refractivity contribution in [2.45, 2.75) is 29.1 Å². The summed E-state index contributed by atoms with van der Waals surface area (Å²) in [5.41, 5.74) is 0.635. The number of carbonyl (C=O) groups is 2. The number of benzene rings is 2. The number of amides is 1. The molecule has 0 N–H and O–H groups in total. The Bertz CT molecular complexity index is 988. The lowest BCUT2D eigenvalue weighted by molar-refractivity contribution is 0.0723. The molecule has 1 fully saturated rings. The van der Waals surface area contributed by atoms with Crippen LogP contribution in [-0.2, 0) is 9.84 Å². The van der Waals surface area contributed by atoms with Crippen molar-refractivity contribution < 1.29 is 18.0 Å². The minimum atomic E-state index is -3.81. The van der Waals surface area contributed by atoms with Crippen LogP contribution < -0.4 is 0 Å². The molecule has 6 heteroatoms. The van der Waals surface area contributed by atoms with Crippen LogP contribution >= 0.6 is 0 Å². The molecule has 2 aromatic carbocycles. The highest BCUT2D eigenvalue weighted by molar-refractivity contribution is 7.91. The zero-order valence-corrected chi connectivity index (χ0v) is 14.4. The fourth-order valence-electron chi connectivity index (χ4n) is 3.50. The van der Waals surface area contributed by atoms with Crippen molar-refractivity contribution in [3.63, 3.8) is 0 Å². The molecule has 2 aliphatic rings. The van der Waals surface area contributed by atoms with E-state index in [4.69, 9.17) is 0 Å². The van der Waals surface area contributed by atoms with Gasteiger partial charge < -0.3 is 4.90 Å². The largest absolute Gasteiger partial charge is 0.339 e. The van der Waals surface area contributed by atoms with Crippen LogP contribution in [-0.4, -0.2) is 38.1 Å². The third kappa shape index (κ3) is 2.48. The van der Waals surface area contributed by atoms with Gasteiger partial charge in [-0.15, -0.1) is 0 Å². The Balaban J connectivity index is 1.81. The molecule has 0 saturated carbocycles. The zero-order chi connectivity index (χ0) is 17.6. The highest BCUT2D eigenvalue weighted by Gasteiger charge is 2.35. The van der Waals surface area contributed by atoms with Gasteiger partial charge in [0.2, 0.25) is 9.84 Å². The lowest BCUT2D eigenvalue weighted by Crippen LogP contribution is -2.35. The van der Waals surface area contributed by atoms with Crippen LogP contribution in [0, 0.1) is 0 Å². The lowest BCUT2D eigenvalue weighted by atomic mass is 10.0. The summed E-state index contributed by atoms with van der Waals surface area (Å²) in [5.74, 6) is -0.499. The Labute approximate surface area is 146 Å². The fraction of sp³-hybridized carbons (Fsp3) is 0.263. The molecule has 0 radical (unpaired) electrons. The predicted molar refractivity (Wildman–Crippen MR) is 91.5 cm³/mol. The van der Waals surface area contributed by atoms with E-state index in [-0.39, 0.29) is 32.6 Å². The third-order valence-corrected chi connectivity index (χ3v) is 6.68. The number of likely N-dealkylation sites (tertiary alicyclic amines) is 1. The SMILES string of the molecule is O=C1c2ccccc2S(=O)(=O)c2cc(C(=O)N3CCCCC3)ccc21. The van der Waals surface area contributed by atoms with Crippen molar-refractivity contribution in [2.24, 2.45) is 0 Å². The Morgan fingerprint density at radius 2 is 1.56 bits per heavy atom. The van der Waals surface area contributed by atoms with E-state index in [1.165, 1.54) is 24.3 Å². The number of nitrogens with zero attached hydrogens (tertiary/aromatic N) is 1. The van der Waals surface area contributed by atoms with Crippen molar-refractivity contribution in [3.05, 3.63) is 59.2 Å². The number of ketones is 1. The van der Waals surface area contributed by atoms with Crippen LogP contribution in [0.15, 0.2) is 52.3 Å². The number of piperidine rings is 1. The molecule has 0 atom stereocenters. The van der Waals surface area contributed by atoms with Crippen LogP contribution in [0.1, 0.15) is 45.5 Å². The molecule has 0 aliphatic carbocycles. The van der Waals surface area contributed by atoms with E-state index in [2.05, 4.69) is 0 Å². The first-order chi connectivity index (χ1) is 12.0. The molecule has 0 unspecified atom stereocenters. The molecule has 1 amide bonds. The van der Waals surface area contributed by atoms with Crippen LogP contribution in [0.3, 0.4) is 0 Å². The maximum atomic E-state index is 12.9. The molecule has 1 saturated heterocycles. The summed E-state index contributed by atoms with van der Waals surface area (Å²) in [7, 11) is -3.81. The van der Waals surface area contributed by atoms with Gasteiger partial charge in [0.05, 0.1) is 9.79 Å². The number of hydrogen-bond donors (Lipinski definition) is 0. The molecule has 2 aliphatic heterocycles. The molecule has 4 rings (SSSR count). The van der Waals surface area contributed by atoms with E-state index in [1.54, 1.807) is 23.1 Å². The summed E-state index contributed by atoms with van der Waals surface area (Å²) >= 11 is 0. The minimum Gasteiger partial charge on any atom is -0.339 e. The molecule has 25 heavy (non-hydrogen) atoms. The molecular weight excluding hydrogens is 338 g/mol. The monoisotopic (exact) mass is 355 g/mol. The van der Waals surface area contributed by atoms with E-state index in [9.17, 15) is 18.0 Å². The summed E-state index contributed by atoms with van der Waals surface area (Å²) < 4.78 is 25.8. The van der Waals surface area contributed by atoms with Gasteiger partial charge in [-0.05, 0) is 49.6 Å². The molecule has 0 spiro atoms. The number of hydrogen-bond acceptors (Lipinski definition) is 4. The standard InChI is InChI=1S/C19H17NO4S/c21-18-14-6-2-3-7-16(14)25(23,24)17-12-13(8-9-15(17)18)19(22)20-10-4-1-5-11-20/h2-3,6-9,12H,1,4-5,10-11H2. The van der Waals surface area contributed by atoms with Crippen molar-refractivity contribution in [2.75, 3.05) is 13.1 Å². The first kappa shape index (κ1) is 16.0. The van der Waals surface area contributed by atoms with E-state index >= 15 is 0 Å². The van der Waals surface area contributed by atoms with E-state index in [0.717, 1.165) is 19.3 Å². The average Bonchev–Trinajstić information content (AvgIpc) is 2.66. The molecule has 0 aromatic heterocycles. The van der Waals surface area contributed by atoms with Gasteiger partial charge >= 0.3 is 0 Å². The quantitative estimate of drug-likeness (QED) is 0.673. The van der Waals surface area contributed by atoms with Gasteiger partial charge in [0.1, 0.15) is 0 Å². The summed E-state index contributed by atoms with van der Waals surface area (Å²) in [6.45, 7) is 1.37. The van der Waals surface area contributed by atoms with Crippen molar-refractivity contribution in [3.8, 4) is 0 Å². The molecule has 5 nitrogen and oxygen atoms in total.